The summed E-state index contributed by atoms with van der Waals surface area (Å²) in [6, 6.07) is 8.05. The Balaban J connectivity index is 2.26. The van der Waals surface area contributed by atoms with Crippen LogP contribution in [0, 0.1) is 5.92 Å². The molecule has 1 unspecified atom stereocenters. The maximum Gasteiger partial charge on any atom is 0.223 e. The van der Waals surface area contributed by atoms with Crippen molar-refractivity contribution in [2.45, 2.75) is 37.6 Å². The van der Waals surface area contributed by atoms with Gasteiger partial charge in [-0.25, -0.2) is 0 Å². The van der Waals surface area contributed by atoms with E-state index in [0.717, 1.165) is 29.4 Å². The lowest BCUT2D eigenvalue weighted by molar-refractivity contribution is -0.129. The van der Waals surface area contributed by atoms with Crippen LogP contribution >= 0.6 is 11.8 Å². The molecule has 4 nitrogen and oxygen atoms in total. The summed E-state index contributed by atoms with van der Waals surface area (Å²) in [7, 11) is 3.51. The number of nitrogens with two attached hydrogens (primary N) is 1. The summed E-state index contributed by atoms with van der Waals surface area (Å²) in [6.07, 6.45) is 1.40. The predicted octanol–water partition coefficient (Wildman–Crippen LogP) is 3.01. The number of carbonyl (C=O) groups excluding carboxylic acids is 1. The quantitative estimate of drug-likeness (QED) is 0.710. The summed E-state index contributed by atoms with van der Waals surface area (Å²) in [5, 5.41) is 0. The first-order valence-corrected chi connectivity index (χ1v) is 8.69. The second kappa shape index (κ2) is 9.74. The number of amides is 1. The molecule has 0 bridgehead atoms. The number of rotatable bonds is 9. The SMILES string of the molecule is COc1ccc(SCCC(=O)N(C)CCC(N)C(C)C)cc1. The van der Waals surface area contributed by atoms with Crippen LogP contribution in [0.1, 0.15) is 26.7 Å². The topological polar surface area (TPSA) is 55.6 Å². The number of ether oxygens (including phenoxy) is 1. The molecule has 22 heavy (non-hydrogen) atoms. The normalized spacial score (nSPS) is 12.3. The first-order valence-electron chi connectivity index (χ1n) is 7.70. The minimum Gasteiger partial charge on any atom is -0.497 e. The molecule has 0 aromatic heterocycles. The lowest BCUT2D eigenvalue weighted by Gasteiger charge is -2.21. The molecule has 0 spiro atoms. The van der Waals surface area contributed by atoms with Crippen molar-refractivity contribution in [1.82, 2.24) is 4.90 Å². The molecule has 1 aromatic carbocycles. The predicted molar refractivity (Wildman–Crippen MR) is 93.4 cm³/mol. The van der Waals surface area contributed by atoms with Crippen LogP contribution in [0.25, 0.3) is 0 Å². The van der Waals surface area contributed by atoms with E-state index in [0.29, 0.717) is 12.3 Å². The summed E-state index contributed by atoms with van der Waals surface area (Å²) in [6.45, 7) is 4.95. The van der Waals surface area contributed by atoms with Crippen molar-refractivity contribution >= 4 is 17.7 Å². The van der Waals surface area contributed by atoms with E-state index in [-0.39, 0.29) is 11.9 Å². The molecule has 0 aliphatic heterocycles. The Bertz CT molecular complexity index is 448. The third kappa shape index (κ3) is 6.71. The standard InChI is InChI=1S/C17H28N2O2S/c1-13(2)16(18)9-11-19(3)17(20)10-12-22-15-7-5-14(21-4)6-8-15/h5-8,13,16H,9-12,18H2,1-4H3. The van der Waals surface area contributed by atoms with Crippen LogP contribution in [0.3, 0.4) is 0 Å². The van der Waals surface area contributed by atoms with Crippen molar-refractivity contribution in [3.05, 3.63) is 24.3 Å². The van der Waals surface area contributed by atoms with Gasteiger partial charge in [0.2, 0.25) is 5.91 Å². The molecule has 124 valence electrons. The van der Waals surface area contributed by atoms with Gasteiger partial charge in [-0.2, -0.15) is 0 Å². The highest BCUT2D eigenvalue weighted by Gasteiger charge is 2.12. The summed E-state index contributed by atoms with van der Waals surface area (Å²) in [4.78, 5) is 15.0. The number of hydrogen-bond donors (Lipinski definition) is 1. The molecule has 0 saturated carbocycles. The maximum atomic E-state index is 12.1. The molecular formula is C17H28N2O2S. The van der Waals surface area contributed by atoms with Crippen LogP contribution in [-0.4, -0.2) is 43.3 Å². The number of nitrogens with zero attached hydrogens (tertiary/aromatic N) is 1. The number of methoxy groups -OCH3 is 1. The van der Waals surface area contributed by atoms with Crippen LogP contribution in [0.15, 0.2) is 29.2 Å². The summed E-state index contributed by atoms with van der Waals surface area (Å²) in [5.74, 6) is 2.26. The van der Waals surface area contributed by atoms with E-state index >= 15 is 0 Å². The van der Waals surface area contributed by atoms with E-state index < -0.39 is 0 Å². The molecule has 5 heteroatoms. The average molecular weight is 324 g/mol. The van der Waals surface area contributed by atoms with Crippen molar-refractivity contribution in [3.8, 4) is 5.75 Å². The molecular weight excluding hydrogens is 296 g/mol. The van der Waals surface area contributed by atoms with Gasteiger partial charge in [0.15, 0.2) is 0 Å². The zero-order valence-corrected chi connectivity index (χ0v) is 14.9. The molecule has 0 heterocycles. The monoisotopic (exact) mass is 324 g/mol. The van der Waals surface area contributed by atoms with E-state index in [1.165, 1.54) is 0 Å². The van der Waals surface area contributed by atoms with Gasteiger partial charge in [0.1, 0.15) is 5.75 Å². The lowest BCUT2D eigenvalue weighted by Crippen LogP contribution is -2.34. The largest absolute Gasteiger partial charge is 0.497 e. The highest BCUT2D eigenvalue weighted by Crippen LogP contribution is 2.22. The maximum absolute atomic E-state index is 12.1. The fraction of sp³-hybridized carbons (Fsp3) is 0.588. The van der Waals surface area contributed by atoms with Crippen molar-refractivity contribution in [3.63, 3.8) is 0 Å². The smallest absolute Gasteiger partial charge is 0.223 e. The molecule has 0 aliphatic carbocycles. The molecule has 0 radical (unpaired) electrons. The van der Waals surface area contributed by atoms with E-state index in [4.69, 9.17) is 10.5 Å². The van der Waals surface area contributed by atoms with E-state index in [9.17, 15) is 4.79 Å². The minimum absolute atomic E-state index is 0.156. The number of carbonyl (C=O) groups is 1. The van der Waals surface area contributed by atoms with Gasteiger partial charge < -0.3 is 15.4 Å². The van der Waals surface area contributed by atoms with E-state index in [1.54, 1.807) is 23.8 Å². The van der Waals surface area contributed by atoms with Crippen molar-refractivity contribution in [1.29, 1.82) is 0 Å². The number of hydrogen-bond acceptors (Lipinski definition) is 4. The zero-order valence-electron chi connectivity index (χ0n) is 14.0. The molecule has 2 N–H and O–H groups in total. The Morgan fingerprint density at radius 3 is 2.50 bits per heavy atom. The Kier molecular flexibility index (Phi) is 8.35. The molecule has 1 amide bonds. The van der Waals surface area contributed by atoms with Crippen molar-refractivity contribution in [2.75, 3.05) is 26.5 Å². The van der Waals surface area contributed by atoms with Gasteiger partial charge in [0, 0.05) is 36.7 Å². The number of thioether (sulfide) groups is 1. The molecule has 0 fully saturated rings. The van der Waals surface area contributed by atoms with Gasteiger partial charge in [0.05, 0.1) is 7.11 Å². The zero-order chi connectivity index (χ0) is 16.5. The van der Waals surface area contributed by atoms with Crippen molar-refractivity contribution in [2.24, 2.45) is 11.7 Å². The van der Waals surface area contributed by atoms with Gasteiger partial charge in [-0.15, -0.1) is 11.8 Å². The second-order valence-corrected chi connectivity index (χ2v) is 6.95. The minimum atomic E-state index is 0.156. The summed E-state index contributed by atoms with van der Waals surface area (Å²) in [5.41, 5.74) is 6.01. The summed E-state index contributed by atoms with van der Waals surface area (Å²) < 4.78 is 5.13. The Morgan fingerprint density at radius 2 is 1.95 bits per heavy atom. The van der Waals surface area contributed by atoms with Gasteiger partial charge >= 0.3 is 0 Å². The second-order valence-electron chi connectivity index (χ2n) is 5.79. The van der Waals surface area contributed by atoms with Crippen LogP contribution < -0.4 is 10.5 Å². The first-order chi connectivity index (χ1) is 10.4. The van der Waals surface area contributed by atoms with Gasteiger partial charge in [-0.05, 0) is 36.6 Å². The molecule has 1 rings (SSSR count). The highest BCUT2D eigenvalue weighted by molar-refractivity contribution is 7.99. The third-order valence-corrected chi connectivity index (χ3v) is 4.74. The molecule has 1 aromatic rings. The molecule has 0 saturated heterocycles. The Hall–Kier alpha value is -1.20. The Labute approximate surface area is 138 Å². The van der Waals surface area contributed by atoms with E-state index in [1.807, 2.05) is 31.3 Å². The average Bonchev–Trinajstić information content (AvgIpc) is 2.52. The van der Waals surface area contributed by atoms with Gasteiger partial charge in [0.25, 0.3) is 0 Å². The van der Waals surface area contributed by atoms with Crippen LogP contribution in [0.2, 0.25) is 0 Å². The summed E-state index contributed by atoms with van der Waals surface area (Å²) >= 11 is 1.69. The first kappa shape index (κ1) is 18.8. The van der Waals surface area contributed by atoms with Crippen LogP contribution in [0.4, 0.5) is 0 Å². The van der Waals surface area contributed by atoms with Crippen LogP contribution in [0.5, 0.6) is 5.75 Å². The highest BCUT2D eigenvalue weighted by atomic mass is 32.2. The lowest BCUT2D eigenvalue weighted by atomic mass is 10.0. The third-order valence-electron chi connectivity index (χ3n) is 3.72. The Morgan fingerprint density at radius 1 is 1.32 bits per heavy atom. The van der Waals surface area contributed by atoms with Gasteiger partial charge in [-0.1, -0.05) is 13.8 Å². The number of benzene rings is 1. The van der Waals surface area contributed by atoms with Crippen LogP contribution in [-0.2, 0) is 4.79 Å². The molecule has 0 aliphatic rings. The fourth-order valence-corrected chi connectivity index (χ4v) is 2.76. The van der Waals surface area contributed by atoms with Crippen molar-refractivity contribution < 1.29 is 9.53 Å². The fourth-order valence-electron chi connectivity index (χ4n) is 1.92. The van der Waals surface area contributed by atoms with E-state index in [2.05, 4.69) is 13.8 Å². The molecule has 1 atom stereocenters. The van der Waals surface area contributed by atoms with Gasteiger partial charge in [-0.3, -0.25) is 4.79 Å².